The van der Waals surface area contributed by atoms with Crippen LogP contribution in [0.4, 0.5) is 5.69 Å². The summed E-state index contributed by atoms with van der Waals surface area (Å²) in [7, 11) is 0. The molecule has 1 saturated heterocycles. The molecule has 1 N–H and O–H groups in total. The summed E-state index contributed by atoms with van der Waals surface area (Å²) < 4.78 is 11.7. The highest BCUT2D eigenvalue weighted by Crippen LogP contribution is 2.39. The molecule has 0 aliphatic carbocycles. The van der Waals surface area contributed by atoms with Gasteiger partial charge in [-0.3, -0.25) is 4.79 Å². The Morgan fingerprint density at radius 2 is 1.82 bits per heavy atom. The van der Waals surface area contributed by atoms with Gasteiger partial charge in [0.1, 0.15) is 6.61 Å². The highest BCUT2D eigenvalue weighted by atomic mass is 35.5. The van der Waals surface area contributed by atoms with Gasteiger partial charge in [0.15, 0.2) is 16.7 Å². The maximum atomic E-state index is 12.5. The number of aliphatic imine (C=N–C) groups is 1. The first-order valence-electron chi connectivity index (χ1n) is 10.5. The molecule has 1 fully saturated rings. The van der Waals surface area contributed by atoms with Crippen LogP contribution in [0.1, 0.15) is 23.6 Å². The first-order chi connectivity index (χ1) is 16.0. The minimum atomic E-state index is -0.204. The molecule has 1 aliphatic heterocycles. The number of hydrogen-bond acceptors (Lipinski definition) is 5. The van der Waals surface area contributed by atoms with Crippen LogP contribution in [0.25, 0.3) is 6.08 Å². The van der Waals surface area contributed by atoms with Crippen molar-refractivity contribution in [2.45, 2.75) is 20.5 Å². The third-order valence-corrected chi connectivity index (χ3v) is 5.96. The van der Waals surface area contributed by atoms with Crippen LogP contribution in [0.2, 0.25) is 5.02 Å². The van der Waals surface area contributed by atoms with Crippen molar-refractivity contribution < 1.29 is 14.3 Å². The highest BCUT2D eigenvalue weighted by Gasteiger charge is 2.24. The van der Waals surface area contributed by atoms with Crippen LogP contribution in [0.15, 0.2) is 76.6 Å². The Labute approximate surface area is 202 Å². The van der Waals surface area contributed by atoms with E-state index in [1.807, 2.05) is 74.5 Å². The number of rotatable bonds is 7. The zero-order valence-electron chi connectivity index (χ0n) is 18.3. The summed E-state index contributed by atoms with van der Waals surface area (Å²) in [6.45, 7) is 4.75. The Morgan fingerprint density at radius 1 is 1.06 bits per heavy atom. The summed E-state index contributed by atoms with van der Waals surface area (Å²) in [5, 5.41) is 3.76. The van der Waals surface area contributed by atoms with Crippen molar-refractivity contribution in [1.82, 2.24) is 5.32 Å². The molecule has 3 aromatic carbocycles. The lowest BCUT2D eigenvalue weighted by molar-refractivity contribution is -0.115. The van der Waals surface area contributed by atoms with Gasteiger partial charge in [-0.25, -0.2) is 4.99 Å². The van der Waals surface area contributed by atoms with E-state index >= 15 is 0 Å². The van der Waals surface area contributed by atoms with Crippen LogP contribution < -0.4 is 14.8 Å². The summed E-state index contributed by atoms with van der Waals surface area (Å²) >= 11 is 7.83. The number of halogens is 1. The molecule has 33 heavy (non-hydrogen) atoms. The summed E-state index contributed by atoms with van der Waals surface area (Å²) in [5.74, 6) is 0.809. The molecular weight excluding hydrogens is 456 g/mol. The number of carbonyl (C=O) groups excluding carboxylic acids is 1. The normalized spacial score (nSPS) is 15.7. The van der Waals surface area contributed by atoms with Gasteiger partial charge in [0.2, 0.25) is 0 Å². The van der Waals surface area contributed by atoms with Gasteiger partial charge >= 0.3 is 0 Å². The standard InChI is InChI=1S/C26H23ClN2O3S/c1-3-31-22-14-19(13-21(27)24(22)32-16-18-7-5-4-6-8-18)15-23-25(30)29-26(33-23)28-20-11-9-17(2)10-12-20/h4-15H,3,16H2,1-2H3,(H,28,29,30). The third kappa shape index (κ3) is 5.97. The van der Waals surface area contributed by atoms with E-state index in [0.29, 0.717) is 39.8 Å². The average molecular weight is 479 g/mol. The maximum absolute atomic E-state index is 12.5. The first-order valence-corrected chi connectivity index (χ1v) is 11.7. The van der Waals surface area contributed by atoms with E-state index in [4.69, 9.17) is 21.1 Å². The molecule has 168 valence electrons. The number of thioether (sulfide) groups is 1. The fraction of sp³-hybridized carbons (Fsp3) is 0.154. The van der Waals surface area contributed by atoms with Crippen molar-refractivity contribution in [1.29, 1.82) is 0 Å². The average Bonchev–Trinajstić information content (AvgIpc) is 3.14. The van der Waals surface area contributed by atoms with Crippen LogP contribution in [-0.4, -0.2) is 17.7 Å². The third-order valence-electron chi connectivity index (χ3n) is 4.77. The van der Waals surface area contributed by atoms with Gasteiger partial charge in [-0.15, -0.1) is 0 Å². The fourth-order valence-corrected chi connectivity index (χ4v) is 4.29. The molecule has 0 saturated carbocycles. The molecular formula is C26H23ClN2O3S. The number of carbonyl (C=O) groups is 1. The quantitative estimate of drug-likeness (QED) is 0.393. The second-order valence-corrected chi connectivity index (χ2v) is 8.79. The lowest BCUT2D eigenvalue weighted by Gasteiger charge is -2.14. The lowest BCUT2D eigenvalue weighted by Crippen LogP contribution is -2.19. The van der Waals surface area contributed by atoms with Gasteiger partial charge in [0.05, 0.1) is 22.2 Å². The zero-order valence-corrected chi connectivity index (χ0v) is 19.9. The second-order valence-electron chi connectivity index (χ2n) is 7.35. The summed E-state index contributed by atoms with van der Waals surface area (Å²) in [6.07, 6.45) is 1.77. The number of ether oxygens (including phenoxy) is 2. The number of amidine groups is 1. The van der Waals surface area contributed by atoms with Crippen molar-refractivity contribution in [3.8, 4) is 11.5 Å². The molecule has 3 aromatic rings. The Balaban J connectivity index is 1.55. The summed E-state index contributed by atoms with van der Waals surface area (Å²) in [6, 6.07) is 21.2. The smallest absolute Gasteiger partial charge is 0.264 e. The molecule has 1 heterocycles. The van der Waals surface area contributed by atoms with Crippen molar-refractivity contribution in [3.63, 3.8) is 0 Å². The van der Waals surface area contributed by atoms with Gasteiger partial charge in [0, 0.05) is 0 Å². The largest absolute Gasteiger partial charge is 0.490 e. The predicted molar refractivity (Wildman–Crippen MR) is 135 cm³/mol. The van der Waals surface area contributed by atoms with Crippen molar-refractivity contribution in [2.75, 3.05) is 6.61 Å². The number of nitrogens with zero attached hydrogens (tertiary/aromatic N) is 1. The van der Waals surface area contributed by atoms with E-state index in [-0.39, 0.29) is 5.91 Å². The van der Waals surface area contributed by atoms with Crippen molar-refractivity contribution in [3.05, 3.63) is 93.3 Å². The fourth-order valence-electron chi connectivity index (χ4n) is 3.17. The SMILES string of the molecule is CCOc1cc(C=C2SC(=Nc3ccc(C)cc3)NC2=O)cc(Cl)c1OCc1ccccc1. The topological polar surface area (TPSA) is 59.9 Å². The molecule has 0 spiro atoms. The molecule has 0 bridgehead atoms. The lowest BCUT2D eigenvalue weighted by atomic mass is 10.1. The van der Waals surface area contributed by atoms with Crippen LogP contribution in [0.5, 0.6) is 11.5 Å². The number of aryl methyl sites for hydroxylation is 1. The minimum absolute atomic E-state index is 0.204. The molecule has 0 radical (unpaired) electrons. The van der Waals surface area contributed by atoms with E-state index in [1.54, 1.807) is 12.1 Å². The maximum Gasteiger partial charge on any atom is 0.264 e. The van der Waals surface area contributed by atoms with Gasteiger partial charge in [0.25, 0.3) is 5.91 Å². The van der Waals surface area contributed by atoms with Gasteiger partial charge in [-0.2, -0.15) is 0 Å². The van der Waals surface area contributed by atoms with Gasteiger partial charge < -0.3 is 14.8 Å². The molecule has 0 aromatic heterocycles. The van der Waals surface area contributed by atoms with E-state index in [2.05, 4.69) is 10.3 Å². The molecule has 0 atom stereocenters. The van der Waals surface area contributed by atoms with E-state index in [9.17, 15) is 4.79 Å². The molecule has 4 rings (SSSR count). The Bertz CT molecular complexity index is 1210. The minimum Gasteiger partial charge on any atom is -0.490 e. The van der Waals surface area contributed by atoms with Crippen molar-refractivity contribution >= 4 is 46.2 Å². The van der Waals surface area contributed by atoms with Crippen LogP contribution >= 0.6 is 23.4 Å². The number of nitrogens with one attached hydrogen (secondary N) is 1. The number of hydrogen-bond donors (Lipinski definition) is 1. The molecule has 1 aliphatic rings. The highest BCUT2D eigenvalue weighted by molar-refractivity contribution is 8.18. The molecule has 0 unspecified atom stereocenters. The predicted octanol–water partition coefficient (Wildman–Crippen LogP) is 6.52. The Hall–Kier alpha value is -3.22. The van der Waals surface area contributed by atoms with Gasteiger partial charge in [-0.1, -0.05) is 59.6 Å². The van der Waals surface area contributed by atoms with E-state index in [1.165, 1.54) is 11.8 Å². The molecule has 7 heteroatoms. The molecule has 1 amide bonds. The Morgan fingerprint density at radius 3 is 2.55 bits per heavy atom. The number of benzene rings is 3. The Kier molecular flexibility index (Phi) is 7.37. The monoisotopic (exact) mass is 478 g/mol. The molecule has 5 nitrogen and oxygen atoms in total. The van der Waals surface area contributed by atoms with Crippen LogP contribution in [0, 0.1) is 6.92 Å². The van der Waals surface area contributed by atoms with E-state index < -0.39 is 0 Å². The summed E-state index contributed by atoms with van der Waals surface area (Å²) in [4.78, 5) is 17.5. The van der Waals surface area contributed by atoms with E-state index in [0.717, 1.165) is 22.4 Å². The summed E-state index contributed by atoms with van der Waals surface area (Å²) in [5.41, 5.74) is 3.71. The van der Waals surface area contributed by atoms with Crippen LogP contribution in [0.3, 0.4) is 0 Å². The van der Waals surface area contributed by atoms with Crippen LogP contribution in [-0.2, 0) is 11.4 Å². The number of amides is 1. The second kappa shape index (κ2) is 10.6. The zero-order chi connectivity index (χ0) is 23.2. The first kappa shape index (κ1) is 23.0. The van der Waals surface area contributed by atoms with Crippen molar-refractivity contribution in [2.24, 2.45) is 4.99 Å². The van der Waals surface area contributed by atoms with Gasteiger partial charge in [-0.05, 0) is 67.1 Å².